The average molecular weight is 111 g/mol. The molecular weight excluding hydrogens is 106 g/mol. The van der Waals surface area contributed by atoms with Crippen LogP contribution in [-0.2, 0) is 9.88 Å². The van der Waals surface area contributed by atoms with E-state index in [-0.39, 0.29) is 6.10 Å². The van der Waals surface area contributed by atoms with Gasteiger partial charge in [0.15, 0.2) is 6.10 Å². The Hall–Kier alpha value is -0.220. The first-order valence-corrected chi connectivity index (χ1v) is 1.65. The third-order valence-corrected chi connectivity index (χ3v) is 0.390. The molecule has 0 aliphatic rings. The Morgan fingerprint density at radius 2 is 2.14 bits per heavy atom. The Balaban J connectivity index is 2.83. The predicted octanol–water partition coefficient (Wildman–Crippen LogP) is 1.34. The van der Waals surface area contributed by atoms with Gasteiger partial charge in [0.25, 0.3) is 0 Å². The zero-order valence-electron chi connectivity index (χ0n) is 3.78. The fourth-order valence-corrected chi connectivity index (χ4v) is 0.0991. The van der Waals surface area contributed by atoms with E-state index in [1.807, 2.05) is 0 Å². The van der Waals surface area contributed by atoms with Gasteiger partial charge in [-0.25, -0.2) is 0 Å². The van der Waals surface area contributed by atoms with Crippen LogP contribution < -0.4 is 0 Å². The molecule has 0 spiro atoms. The molecule has 0 heterocycles. The van der Waals surface area contributed by atoms with Crippen LogP contribution >= 0.6 is 0 Å². The summed E-state index contributed by atoms with van der Waals surface area (Å²) in [4.78, 5) is 6.03. The van der Waals surface area contributed by atoms with Crippen LogP contribution in [0.2, 0.25) is 0 Å². The van der Waals surface area contributed by atoms with Gasteiger partial charge < -0.3 is 0 Å². The van der Waals surface area contributed by atoms with Gasteiger partial charge in [-0.15, -0.1) is 0 Å². The lowest BCUT2D eigenvalue weighted by molar-refractivity contribution is -0.187. The summed E-state index contributed by atoms with van der Waals surface area (Å²) >= 11 is 0. The van der Waals surface area contributed by atoms with Crippen molar-refractivity contribution < 1.29 is 18.9 Å². The van der Waals surface area contributed by atoms with E-state index in [0.717, 1.165) is 0 Å². The molecule has 0 aliphatic carbocycles. The Bertz CT molecular complexity index is 41.9. The van der Waals surface area contributed by atoms with Gasteiger partial charge in [0.2, 0.25) is 0 Å². The molecule has 0 atom stereocenters. The summed E-state index contributed by atoms with van der Waals surface area (Å²) in [5.74, 6) is 0. The zero-order valence-corrected chi connectivity index (χ0v) is 3.78. The zero-order chi connectivity index (χ0) is 5.70. The van der Waals surface area contributed by atoms with Crippen LogP contribution in [0, 0.1) is 6.10 Å². The van der Waals surface area contributed by atoms with Crippen LogP contribution in [0.1, 0.15) is 6.92 Å². The van der Waals surface area contributed by atoms with Crippen molar-refractivity contribution in [3.63, 3.8) is 0 Å². The molecule has 0 N–H and O–H groups in total. The molecule has 0 unspecified atom stereocenters. The van der Waals surface area contributed by atoms with E-state index in [1.54, 1.807) is 0 Å². The number of hydrogen-bond donors (Lipinski definition) is 0. The molecular formula is C3H5F2O2. The van der Waals surface area contributed by atoms with E-state index >= 15 is 0 Å². The molecule has 2 nitrogen and oxygen atoms in total. The van der Waals surface area contributed by atoms with Crippen molar-refractivity contribution in [2.24, 2.45) is 0 Å². The second kappa shape index (κ2) is 3.95. The third-order valence-electron chi connectivity index (χ3n) is 0.390. The molecule has 0 saturated heterocycles. The highest BCUT2D eigenvalue weighted by atomic mass is 19.3. The van der Waals surface area contributed by atoms with E-state index in [9.17, 15) is 9.05 Å². The highest BCUT2D eigenvalue weighted by molar-refractivity contribution is 4.65. The Labute approximate surface area is 39.8 Å². The van der Waals surface area contributed by atoms with Crippen LogP contribution in [0.25, 0.3) is 0 Å². The lowest BCUT2D eigenvalue weighted by atomic mass is 10.5. The Kier molecular flexibility index (Phi) is 3.83. The first kappa shape index (κ1) is 6.78. The first-order valence-electron chi connectivity index (χ1n) is 1.65. The second-order valence-electron chi connectivity index (χ2n) is 1.03. The van der Waals surface area contributed by atoms with Gasteiger partial charge in [-0.3, -0.25) is 0 Å². The van der Waals surface area contributed by atoms with Crippen molar-refractivity contribution in [1.29, 1.82) is 0 Å². The summed E-state index contributed by atoms with van der Waals surface area (Å²) in [5, 5.41) is 0. The Morgan fingerprint density at radius 3 is 2.29 bits per heavy atom. The van der Waals surface area contributed by atoms with Gasteiger partial charge in [0.05, 0.1) is 0 Å². The molecule has 0 aromatic rings. The van der Waals surface area contributed by atoms with Crippen molar-refractivity contribution in [3.8, 4) is 0 Å². The van der Waals surface area contributed by atoms with E-state index in [4.69, 9.17) is 0 Å². The fraction of sp³-hybridized carbons (Fsp3) is 0.667. The molecule has 0 aromatic carbocycles. The third kappa shape index (κ3) is 3.61. The molecule has 0 bridgehead atoms. The maximum atomic E-state index is 10.8. The molecule has 0 aromatic heterocycles. The first-order chi connectivity index (χ1) is 3.31. The van der Waals surface area contributed by atoms with Crippen molar-refractivity contribution in [2.75, 3.05) is 6.61 Å². The second-order valence-corrected chi connectivity index (χ2v) is 1.03. The van der Waals surface area contributed by atoms with E-state index in [1.165, 1.54) is 6.92 Å². The topological polar surface area (TPSA) is 18.5 Å². The van der Waals surface area contributed by atoms with Crippen LogP contribution in [0.15, 0.2) is 0 Å². The summed E-state index contributed by atoms with van der Waals surface area (Å²) in [6.45, 7) is 0.816. The van der Waals surface area contributed by atoms with Gasteiger partial charge in [0, 0.05) is 0 Å². The number of halogens is 2. The number of hydrogen-bond acceptors (Lipinski definition) is 2. The minimum Gasteiger partial charge on any atom is -0.191 e. The summed E-state index contributed by atoms with van der Waals surface area (Å²) in [5.41, 5.74) is 0. The largest absolute Gasteiger partial charge is 0.191 e. The van der Waals surface area contributed by atoms with E-state index in [0.29, 0.717) is 0 Å². The van der Waals surface area contributed by atoms with Gasteiger partial charge in [-0.1, -0.05) is 0 Å². The predicted molar refractivity (Wildman–Crippen MR) is 18.2 cm³/mol. The Morgan fingerprint density at radius 1 is 1.57 bits per heavy atom. The maximum Gasteiger partial charge on any atom is 0.167 e. The summed E-state index contributed by atoms with van der Waals surface area (Å²) in [6.07, 6.45) is -0.137. The fourth-order valence-electron chi connectivity index (χ4n) is 0.0991. The van der Waals surface area contributed by atoms with Crippen molar-refractivity contribution in [2.45, 2.75) is 6.92 Å². The molecule has 0 rings (SSSR count). The van der Waals surface area contributed by atoms with Crippen LogP contribution in [0.3, 0.4) is 0 Å². The van der Waals surface area contributed by atoms with Crippen LogP contribution in [0.4, 0.5) is 9.05 Å². The molecule has 43 valence electrons. The summed E-state index contributed by atoms with van der Waals surface area (Å²) in [6, 6.07) is 0. The summed E-state index contributed by atoms with van der Waals surface area (Å²) < 4.78 is 21.5. The standard InChI is InChI=1S/C3H5F2O2/c1-3(7-5)2-6-4/h2H2,1H3. The van der Waals surface area contributed by atoms with Crippen molar-refractivity contribution >= 4 is 0 Å². The lowest BCUT2D eigenvalue weighted by Gasteiger charge is -1.95. The van der Waals surface area contributed by atoms with Gasteiger partial charge in [-0.2, -0.15) is 9.88 Å². The molecule has 0 fully saturated rings. The van der Waals surface area contributed by atoms with Crippen molar-refractivity contribution in [3.05, 3.63) is 6.10 Å². The average Bonchev–Trinajstić information content (AvgIpc) is 1.68. The van der Waals surface area contributed by atoms with Crippen LogP contribution in [0.5, 0.6) is 0 Å². The quantitative estimate of drug-likeness (QED) is 0.547. The molecule has 4 heteroatoms. The molecule has 0 aliphatic heterocycles. The van der Waals surface area contributed by atoms with Gasteiger partial charge >= 0.3 is 0 Å². The SMILES string of the molecule is C[C](COF)OF. The minimum absolute atomic E-state index is 0.137. The van der Waals surface area contributed by atoms with Crippen molar-refractivity contribution in [1.82, 2.24) is 0 Å². The highest BCUT2D eigenvalue weighted by Gasteiger charge is 2.01. The molecule has 0 amide bonds. The number of rotatable bonds is 3. The van der Waals surface area contributed by atoms with E-state index < -0.39 is 6.61 Å². The molecule has 1 radical (unpaired) electrons. The minimum atomic E-state index is -0.448. The van der Waals surface area contributed by atoms with E-state index in [2.05, 4.69) is 9.88 Å². The lowest BCUT2D eigenvalue weighted by Crippen LogP contribution is -1.97. The maximum absolute atomic E-state index is 10.8. The van der Waals surface area contributed by atoms with Gasteiger partial charge in [0.1, 0.15) is 6.61 Å². The van der Waals surface area contributed by atoms with Gasteiger partial charge in [-0.05, 0) is 16.0 Å². The normalized spacial score (nSPS) is 10.3. The van der Waals surface area contributed by atoms with Crippen LogP contribution in [-0.4, -0.2) is 6.61 Å². The smallest absolute Gasteiger partial charge is 0.167 e. The highest BCUT2D eigenvalue weighted by Crippen LogP contribution is 2.00. The molecule has 0 saturated carbocycles. The molecule has 7 heavy (non-hydrogen) atoms. The summed E-state index contributed by atoms with van der Waals surface area (Å²) in [7, 11) is 0. The monoisotopic (exact) mass is 111 g/mol.